The summed E-state index contributed by atoms with van der Waals surface area (Å²) < 4.78 is 8.83. The third kappa shape index (κ3) is 1.46. The van der Waals surface area contributed by atoms with Crippen molar-refractivity contribution in [3.8, 4) is 0 Å². The van der Waals surface area contributed by atoms with Gasteiger partial charge in [-0.3, -0.25) is 0 Å². The lowest BCUT2D eigenvalue weighted by Gasteiger charge is -2.14. The first-order valence-corrected chi connectivity index (χ1v) is 5.99. The number of hydrogen-bond acceptors (Lipinski definition) is 3. The Bertz CT molecular complexity index is 512. The van der Waals surface area contributed by atoms with Crippen molar-refractivity contribution < 1.29 is 0 Å². The SMILES string of the molecule is Cc1c(C)c(C(C)C)c2nsnc2c1C. The quantitative estimate of drug-likeness (QED) is 0.731. The number of rotatable bonds is 1. The zero-order valence-corrected chi connectivity index (χ0v) is 10.7. The molecule has 0 radical (unpaired) electrons. The van der Waals surface area contributed by atoms with Crippen LogP contribution in [0.3, 0.4) is 0 Å². The van der Waals surface area contributed by atoms with Gasteiger partial charge in [-0.2, -0.15) is 8.75 Å². The topological polar surface area (TPSA) is 25.8 Å². The Morgan fingerprint density at radius 1 is 0.867 bits per heavy atom. The molecule has 15 heavy (non-hydrogen) atoms. The second kappa shape index (κ2) is 3.56. The first-order valence-electron chi connectivity index (χ1n) is 5.26. The fraction of sp³-hybridized carbons (Fsp3) is 0.500. The standard InChI is InChI=1S/C12H16N2S/c1-6(2)10-8(4)7(3)9(5)11-12(10)14-15-13-11/h6H,1-5H3. The van der Waals surface area contributed by atoms with Gasteiger partial charge < -0.3 is 0 Å². The van der Waals surface area contributed by atoms with Crippen LogP contribution in [0.1, 0.15) is 42.0 Å². The van der Waals surface area contributed by atoms with Gasteiger partial charge in [0.05, 0.1) is 11.7 Å². The van der Waals surface area contributed by atoms with Gasteiger partial charge in [0.2, 0.25) is 0 Å². The largest absolute Gasteiger partial charge is 0.173 e. The molecular formula is C12H16N2S. The van der Waals surface area contributed by atoms with E-state index in [0.29, 0.717) is 5.92 Å². The number of hydrogen-bond donors (Lipinski definition) is 0. The first kappa shape index (κ1) is 10.6. The molecule has 1 aromatic heterocycles. The molecule has 2 nitrogen and oxygen atoms in total. The Morgan fingerprint density at radius 3 is 2.07 bits per heavy atom. The van der Waals surface area contributed by atoms with Crippen molar-refractivity contribution in [3.63, 3.8) is 0 Å². The molecule has 0 aliphatic heterocycles. The van der Waals surface area contributed by atoms with Gasteiger partial charge in [-0.25, -0.2) is 0 Å². The molecule has 0 amide bonds. The highest BCUT2D eigenvalue weighted by Crippen LogP contribution is 2.32. The van der Waals surface area contributed by atoms with E-state index >= 15 is 0 Å². The van der Waals surface area contributed by atoms with Gasteiger partial charge in [0.15, 0.2) is 0 Å². The monoisotopic (exact) mass is 220 g/mol. The van der Waals surface area contributed by atoms with E-state index in [0.717, 1.165) is 11.0 Å². The summed E-state index contributed by atoms with van der Waals surface area (Å²) in [5.41, 5.74) is 7.58. The minimum absolute atomic E-state index is 0.510. The molecule has 3 heteroatoms. The Kier molecular flexibility index (Phi) is 2.51. The molecule has 0 unspecified atom stereocenters. The fourth-order valence-electron chi connectivity index (χ4n) is 2.16. The smallest absolute Gasteiger partial charge is 0.108 e. The summed E-state index contributed by atoms with van der Waals surface area (Å²) in [6.45, 7) is 10.9. The van der Waals surface area contributed by atoms with E-state index in [1.807, 2.05) is 0 Å². The minimum atomic E-state index is 0.510. The molecule has 2 aromatic rings. The van der Waals surface area contributed by atoms with Crippen LogP contribution in [-0.4, -0.2) is 8.75 Å². The maximum absolute atomic E-state index is 4.43. The lowest BCUT2D eigenvalue weighted by Crippen LogP contribution is -1.99. The third-order valence-corrected chi connectivity index (χ3v) is 3.73. The average molecular weight is 220 g/mol. The number of aromatic nitrogens is 2. The summed E-state index contributed by atoms with van der Waals surface area (Å²) in [6.07, 6.45) is 0. The third-order valence-electron chi connectivity index (χ3n) is 3.21. The lowest BCUT2D eigenvalue weighted by molar-refractivity contribution is 0.861. The van der Waals surface area contributed by atoms with E-state index in [1.54, 1.807) is 0 Å². The van der Waals surface area contributed by atoms with Crippen LogP contribution in [0.25, 0.3) is 11.0 Å². The highest BCUT2D eigenvalue weighted by atomic mass is 32.1. The van der Waals surface area contributed by atoms with Crippen LogP contribution in [0.15, 0.2) is 0 Å². The molecule has 0 fully saturated rings. The summed E-state index contributed by atoms with van der Waals surface area (Å²) in [6, 6.07) is 0. The molecule has 0 aliphatic rings. The summed E-state index contributed by atoms with van der Waals surface area (Å²) in [7, 11) is 0. The van der Waals surface area contributed by atoms with Crippen LogP contribution in [0.4, 0.5) is 0 Å². The van der Waals surface area contributed by atoms with Gasteiger partial charge in [-0.05, 0) is 48.9 Å². The van der Waals surface area contributed by atoms with Crippen molar-refractivity contribution >= 4 is 22.8 Å². The molecule has 1 aromatic carbocycles. The van der Waals surface area contributed by atoms with E-state index in [9.17, 15) is 0 Å². The molecule has 0 aliphatic carbocycles. The van der Waals surface area contributed by atoms with Crippen LogP contribution in [0, 0.1) is 20.8 Å². The Balaban J connectivity index is 2.94. The molecule has 0 N–H and O–H groups in total. The fourth-order valence-corrected chi connectivity index (χ4v) is 2.77. The van der Waals surface area contributed by atoms with E-state index in [-0.39, 0.29) is 0 Å². The van der Waals surface area contributed by atoms with Crippen molar-refractivity contribution in [2.24, 2.45) is 0 Å². The van der Waals surface area contributed by atoms with Gasteiger partial charge in [0.25, 0.3) is 0 Å². The van der Waals surface area contributed by atoms with E-state index < -0.39 is 0 Å². The molecule has 1 heterocycles. The second-order valence-corrected chi connectivity index (χ2v) is 4.93. The van der Waals surface area contributed by atoms with Gasteiger partial charge in [-0.1, -0.05) is 13.8 Å². The predicted octanol–water partition coefficient (Wildman–Crippen LogP) is 3.74. The van der Waals surface area contributed by atoms with Gasteiger partial charge in [0.1, 0.15) is 11.0 Å². The van der Waals surface area contributed by atoms with Crippen molar-refractivity contribution in [1.29, 1.82) is 0 Å². The van der Waals surface area contributed by atoms with Gasteiger partial charge >= 0.3 is 0 Å². The number of nitrogens with zero attached hydrogens (tertiary/aromatic N) is 2. The summed E-state index contributed by atoms with van der Waals surface area (Å²) in [5.74, 6) is 0.510. The molecule has 0 bridgehead atoms. The van der Waals surface area contributed by atoms with Crippen LogP contribution in [-0.2, 0) is 0 Å². The Labute approximate surface area is 94.7 Å². The summed E-state index contributed by atoms with van der Waals surface area (Å²) in [5, 5.41) is 0. The highest BCUT2D eigenvalue weighted by molar-refractivity contribution is 7.00. The van der Waals surface area contributed by atoms with Crippen LogP contribution >= 0.6 is 11.7 Å². The number of aryl methyl sites for hydroxylation is 1. The van der Waals surface area contributed by atoms with Crippen molar-refractivity contribution in [3.05, 3.63) is 22.3 Å². The molecule has 0 saturated carbocycles. The van der Waals surface area contributed by atoms with Gasteiger partial charge in [0, 0.05) is 0 Å². The number of fused-ring (bicyclic) bond motifs is 1. The van der Waals surface area contributed by atoms with Gasteiger partial charge in [-0.15, -0.1) is 0 Å². The van der Waals surface area contributed by atoms with Crippen molar-refractivity contribution in [1.82, 2.24) is 8.75 Å². The highest BCUT2D eigenvalue weighted by Gasteiger charge is 2.16. The van der Waals surface area contributed by atoms with E-state index in [2.05, 4.69) is 43.4 Å². The zero-order chi connectivity index (χ0) is 11.2. The maximum Gasteiger partial charge on any atom is 0.108 e. The molecule has 0 saturated heterocycles. The van der Waals surface area contributed by atoms with Crippen LogP contribution < -0.4 is 0 Å². The molecule has 0 atom stereocenters. The Hall–Kier alpha value is -0.960. The van der Waals surface area contributed by atoms with E-state index in [4.69, 9.17) is 0 Å². The number of benzene rings is 1. The average Bonchev–Trinajstić information content (AvgIpc) is 2.62. The maximum atomic E-state index is 4.43. The van der Waals surface area contributed by atoms with Crippen LogP contribution in [0.5, 0.6) is 0 Å². The predicted molar refractivity (Wildman–Crippen MR) is 65.7 cm³/mol. The lowest BCUT2D eigenvalue weighted by atomic mass is 9.90. The van der Waals surface area contributed by atoms with Crippen LogP contribution in [0.2, 0.25) is 0 Å². The normalized spacial score (nSPS) is 11.6. The molecule has 2 rings (SSSR count). The first-order chi connectivity index (χ1) is 7.04. The summed E-state index contributed by atoms with van der Waals surface area (Å²) >= 11 is 1.32. The Morgan fingerprint density at radius 2 is 1.47 bits per heavy atom. The van der Waals surface area contributed by atoms with Crippen molar-refractivity contribution in [2.75, 3.05) is 0 Å². The summed E-state index contributed by atoms with van der Waals surface area (Å²) in [4.78, 5) is 0. The molecule has 80 valence electrons. The van der Waals surface area contributed by atoms with E-state index in [1.165, 1.54) is 34.0 Å². The second-order valence-electron chi connectivity index (χ2n) is 4.40. The minimum Gasteiger partial charge on any atom is -0.173 e. The van der Waals surface area contributed by atoms with Crippen molar-refractivity contribution in [2.45, 2.75) is 40.5 Å². The molecule has 0 spiro atoms. The molecular weight excluding hydrogens is 204 g/mol. The zero-order valence-electron chi connectivity index (χ0n) is 9.88.